The van der Waals surface area contributed by atoms with Crippen LogP contribution in [0.4, 0.5) is 0 Å². The zero-order valence-corrected chi connectivity index (χ0v) is 17.1. The molecule has 3 heterocycles. The number of ether oxygens (including phenoxy) is 1. The number of hydrogen-bond donors (Lipinski definition) is 1. The van der Waals surface area contributed by atoms with E-state index in [0.29, 0.717) is 6.61 Å². The molecule has 1 aromatic heterocycles. The Labute approximate surface area is 170 Å². The Balaban J connectivity index is 1.46. The summed E-state index contributed by atoms with van der Waals surface area (Å²) in [6, 6.07) is 15.8. The van der Waals surface area contributed by atoms with Gasteiger partial charge < -0.3 is 9.72 Å². The van der Waals surface area contributed by atoms with Gasteiger partial charge in [0.05, 0.1) is 11.5 Å². The van der Waals surface area contributed by atoms with Crippen molar-refractivity contribution in [3.05, 3.63) is 60.3 Å². The Morgan fingerprint density at radius 1 is 1.21 bits per heavy atom. The molecule has 0 amide bonds. The van der Waals surface area contributed by atoms with E-state index in [1.165, 1.54) is 57.6 Å². The predicted octanol–water partition coefficient (Wildman–Crippen LogP) is 5.97. The van der Waals surface area contributed by atoms with Crippen LogP contribution < -0.4 is 4.74 Å². The van der Waals surface area contributed by atoms with Crippen molar-refractivity contribution >= 4 is 28.2 Å². The van der Waals surface area contributed by atoms with Crippen molar-refractivity contribution in [2.24, 2.45) is 0 Å². The molecule has 3 nitrogen and oxygen atoms in total. The average Bonchev–Trinajstić information content (AvgIpc) is 3.35. The second-order valence-corrected chi connectivity index (χ2v) is 8.73. The third-order valence-electron chi connectivity index (χ3n) is 5.90. The van der Waals surface area contributed by atoms with E-state index >= 15 is 0 Å². The summed E-state index contributed by atoms with van der Waals surface area (Å²) in [6.45, 7) is 5.08. The fourth-order valence-corrected chi connectivity index (χ4v) is 5.46. The predicted molar refractivity (Wildman–Crippen MR) is 117 cm³/mol. The van der Waals surface area contributed by atoms with Crippen molar-refractivity contribution in [1.82, 2.24) is 9.88 Å². The molecule has 1 saturated heterocycles. The van der Waals surface area contributed by atoms with Gasteiger partial charge in [0.15, 0.2) is 0 Å². The lowest BCUT2D eigenvalue weighted by Gasteiger charge is -2.29. The topological polar surface area (TPSA) is 28.3 Å². The quantitative estimate of drug-likeness (QED) is 0.582. The van der Waals surface area contributed by atoms with Crippen LogP contribution in [-0.2, 0) is 0 Å². The maximum atomic E-state index is 5.80. The van der Waals surface area contributed by atoms with Crippen molar-refractivity contribution in [2.45, 2.75) is 42.0 Å². The van der Waals surface area contributed by atoms with Gasteiger partial charge in [0, 0.05) is 40.1 Å². The molecule has 3 aromatic rings. The molecule has 2 aromatic carbocycles. The SMILES string of the molecule is CCOc1ccccc1Sc1ccc2[nH]cc(C3=CCN4CCCC4C3)c2c1. The summed E-state index contributed by atoms with van der Waals surface area (Å²) in [5.74, 6) is 0.959. The minimum Gasteiger partial charge on any atom is -0.493 e. The molecule has 28 heavy (non-hydrogen) atoms. The van der Waals surface area contributed by atoms with E-state index in [1.54, 1.807) is 11.8 Å². The lowest BCUT2D eigenvalue weighted by Crippen LogP contribution is -2.32. The van der Waals surface area contributed by atoms with E-state index in [-0.39, 0.29) is 0 Å². The van der Waals surface area contributed by atoms with Gasteiger partial charge in [-0.2, -0.15) is 0 Å². The number of H-pyrrole nitrogens is 1. The summed E-state index contributed by atoms with van der Waals surface area (Å²) in [6.07, 6.45) is 8.50. The lowest BCUT2D eigenvalue weighted by molar-refractivity contribution is 0.275. The largest absolute Gasteiger partial charge is 0.493 e. The molecule has 1 fully saturated rings. The van der Waals surface area contributed by atoms with Crippen molar-refractivity contribution in [1.29, 1.82) is 0 Å². The lowest BCUT2D eigenvalue weighted by atomic mass is 9.94. The molecule has 0 radical (unpaired) electrons. The highest BCUT2D eigenvalue weighted by molar-refractivity contribution is 7.99. The Hall–Kier alpha value is -2.17. The minimum atomic E-state index is 0.685. The Morgan fingerprint density at radius 3 is 3.07 bits per heavy atom. The molecule has 144 valence electrons. The monoisotopic (exact) mass is 390 g/mol. The average molecular weight is 391 g/mol. The molecule has 2 aliphatic rings. The summed E-state index contributed by atoms with van der Waals surface area (Å²) in [7, 11) is 0. The molecule has 2 aliphatic heterocycles. The van der Waals surface area contributed by atoms with Gasteiger partial charge in [0.1, 0.15) is 5.75 Å². The summed E-state index contributed by atoms with van der Waals surface area (Å²) >= 11 is 1.78. The van der Waals surface area contributed by atoms with E-state index < -0.39 is 0 Å². The zero-order chi connectivity index (χ0) is 18.9. The van der Waals surface area contributed by atoms with Gasteiger partial charge in [-0.05, 0) is 68.6 Å². The first-order valence-corrected chi connectivity index (χ1v) is 11.1. The smallest absolute Gasteiger partial charge is 0.133 e. The van der Waals surface area contributed by atoms with Crippen LogP contribution in [0.5, 0.6) is 5.75 Å². The molecule has 0 saturated carbocycles. The number of para-hydroxylation sites is 1. The van der Waals surface area contributed by atoms with Gasteiger partial charge in [-0.3, -0.25) is 4.90 Å². The fourth-order valence-electron chi connectivity index (χ4n) is 4.52. The normalized spacial score (nSPS) is 19.6. The number of hydrogen-bond acceptors (Lipinski definition) is 3. The molecule has 0 bridgehead atoms. The van der Waals surface area contributed by atoms with Gasteiger partial charge in [0.25, 0.3) is 0 Å². The minimum absolute atomic E-state index is 0.685. The second-order valence-electron chi connectivity index (χ2n) is 7.62. The van der Waals surface area contributed by atoms with Crippen LogP contribution in [0.1, 0.15) is 31.7 Å². The van der Waals surface area contributed by atoms with Crippen molar-refractivity contribution in [3.8, 4) is 5.75 Å². The zero-order valence-electron chi connectivity index (χ0n) is 16.3. The molecular weight excluding hydrogens is 364 g/mol. The van der Waals surface area contributed by atoms with Gasteiger partial charge >= 0.3 is 0 Å². The highest BCUT2D eigenvalue weighted by atomic mass is 32.2. The van der Waals surface area contributed by atoms with E-state index in [2.05, 4.69) is 52.5 Å². The van der Waals surface area contributed by atoms with Gasteiger partial charge in [-0.25, -0.2) is 0 Å². The summed E-state index contributed by atoms with van der Waals surface area (Å²) < 4.78 is 5.80. The number of benzene rings is 2. The van der Waals surface area contributed by atoms with Crippen molar-refractivity contribution in [3.63, 3.8) is 0 Å². The molecule has 4 heteroatoms. The van der Waals surface area contributed by atoms with E-state index in [0.717, 1.165) is 18.3 Å². The van der Waals surface area contributed by atoms with Crippen LogP contribution in [0, 0.1) is 0 Å². The Bertz CT molecular complexity index is 1020. The number of rotatable bonds is 5. The first-order valence-electron chi connectivity index (χ1n) is 10.3. The van der Waals surface area contributed by atoms with Gasteiger partial charge in [-0.1, -0.05) is 30.0 Å². The molecular formula is C24H26N2OS. The molecule has 0 spiro atoms. The summed E-state index contributed by atoms with van der Waals surface area (Å²) in [5, 5.41) is 1.33. The number of aromatic nitrogens is 1. The highest BCUT2D eigenvalue weighted by Gasteiger charge is 2.28. The van der Waals surface area contributed by atoms with Crippen LogP contribution in [0.15, 0.2) is 64.5 Å². The van der Waals surface area contributed by atoms with Crippen LogP contribution >= 0.6 is 11.8 Å². The van der Waals surface area contributed by atoms with E-state index in [4.69, 9.17) is 4.74 Å². The van der Waals surface area contributed by atoms with Crippen LogP contribution in [0.2, 0.25) is 0 Å². The van der Waals surface area contributed by atoms with E-state index in [1.807, 2.05) is 19.1 Å². The second kappa shape index (κ2) is 7.69. The number of nitrogens with zero attached hydrogens (tertiary/aromatic N) is 1. The summed E-state index contributed by atoms with van der Waals surface area (Å²) in [5.41, 5.74) is 4.10. The first kappa shape index (κ1) is 17.9. The third-order valence-corrected chi connectivity index (χ3v) is 6.95. The summed E-state index contributed by atoms with van der Waals surface area (Å²) in [4.78, 5) is 8.52. The Kier molecular flexibility index (Phi) is 4.91. The van der Waals surface area contributed by atoms with Crippen LogP contribution in [-0.4, -0.2) is 35.6 Å². The highest BCUT2D eigenvalue weighted by Crippen LogP contribution is 2.39. The van der Waals surface area contributed by atoms with E-state index in [9.17, 15) is 0 Å². The fraction of sp³-hybridized carbons (Fsp3) is 0.333. The van der Waals surface area contributed by atoms with Crippen LogP contribution in [0.3, 0.4) is 0 Å². The van der Waals surface area contributed by atoms with Gasteiger partial charge in [-0.15, -0.1) is 0 Å². The molecule has 1 N–H and O–H groups in total. The molecule has 1 unspecified atom stereocenters. The molecule has 1 atom stereocenters. The van der Waals surface area contributed by atoms with Crippen molar-refractivity contribution in [2.75, 3.05) is 19.7 Å². The number of nitrogens with one attached hydrogen (secondary N) is 1. The standard InChI is InChI=1S/C24H26N2OS/c1-2-27-23-7-3-4-8-24(23)28-19-9-10-22-20(15-19)21(16-25-22)17-11-13-26-12-5-6-18(26)14-17/h3-4,7-11,15-16,18,25H,2,5-6,12-14H2,1H3. The first-order chi connectivity index (χ1) is 13.8. The van der Waals surface area contributed by atoms with Crippen molar-refractivity contribution < 1.29 is 4.74 Å². The Morgan fingerprint density at radius 2 is 2.14 bits per heavy atom. The van der Waals surface area contributed by atoms with Gasteiger partial charge in [0.2, 0.25) is 0 Å². The van der Waals surface area contributed by atoms with Crippen LogP contribution in [0.25, 0.3) is 16.5 Å². The number of aromatic amines is 1. The maximum Gasteiger partial charge on any atom is 0.133 e. The molecule has 5 rings (SSSR count). The third kappa shape index (κ3) is 3.36. The number of fused-ring (bicyclic) bond motifs is 2. The molecule has 0 aliphatic carbocycles. The maximum absolute atomic E-state index is 5.80.